The van der Waals surface area contributed by atoms with Crippen LogP contribution in [-0.2, 0) is 19.4 Å². The molecule has 5 rings (SSSR count). The fraction of sp³-hybridized carbons (Fsp3) is 0.500. The highest BCUT2D eigenvalue weighted by atomic mass is 32.1. The second-order valence-electron chi connectivity index (χ2n) is 7.62. The van der Waals surface area contributed by atoms with Gasteiger partial charge in [-0.25, -0.2) is 14.6 Å². The first-order chi connectivity index (χ1) is 13.8. The van der Waals surface area contributed by atoms with E-state index in [-0.39, 0.29) is 11.8 Å². The molecule has 28 heavy (non-hydrogen) atoms. The molecule has 0 radical (unpaired) electrons. The number of thiophene rings is 1. The molecule has 1 atom stereocenters. The zero-order valence-electron chi connectivity index (χ0n) is 15.8. The van der Waals surface area contributed by atoms with Gasteiger partial charge in [0.25, 0.3) is 5.91 Å². The molecule has 3 aromatic rings. The lowest BCUT2D eigenvalue weighted by molar-refractivity contribution is 0.0790. The summed E-state index contributed by atoms with van der Waals surface area (Å²) in [4.78, 5) is 25.5. The molecule has 0 bridgehead atoms. The highest BCUT2D eigenvalue weighted by Gasteiger charge is 2.33. The number of nitrogens with two attached hydrogens (primary N) is 1. The monoisotopic (exact) mass is 396 g/mol. The molecule has 0 saturated carbocycles. The van der Waals surface area contributed by atoms with Gasteiger partial charge in [0.1, 0.15) is 5.52 Å². The fourth-order valence-corrected chi connectivity index (χ4v) is 5.61. The van der Waals surface area contributed by atoms with Crippen LogP contribution in [0.3, 0.4) is 0 Å². The molecule has 146 valence electrons. The molecule has 1 aliphatic heterocycles. The van der Waals surface area contributed by atoms with Gasteiger partial charge < -0.3 is 10.6 Å². The minimum Gasteiger partial charge on any atom is -0.338 e. The highest BCUT2D eigenvalue weighted by molar-refractivity contribution is 7.10. The number of hydrogen-bond acceptors (Lipinski definition) is 6. The van der Waals surface area contributed by atoms with Crippen molar-refractivity contribution in [3.63, 3.8) is 0 Å². The topological polar surface area (TPSA) is 89.9 Å². The van der Waals surface area contributed by atoms with E-state index in [9.17, 15) is 4.79 Å². The average Bonchev–Trinajstić information content (AvgIpc) is 3.45. The zero-order chi connectivity index (χ0) is 19.1. The number of carbonyl (C=O) groups excluding carboxylic acids is 1. The van der Waals surface area contributed by atoms with Crippen molar-refractivity contribution in [1.82, 2.24) is 24.6 Å². The molecule has 0 unspecified atom stereocenters. The van der Waals surface area contributed by atoms with Gasteiger partial charge >= 0.3 is 0 Å². The van der Waals surface area contributed by atoms with Crippen molar-refractivity contribution in [1.29, 1.82) is 0 Å². The van der Waals surface area contributed by atoms with E-state index in [1.54, 1.807) is 23.7 Å². The van der Waals surface area contributed by atoms with Crippen LogP contribution in [0.4, 0.5) is 0 Å². The molecule has 0 spiro atoms. The van der Waals surface area contributed by atoms with Gasteiger partial charge in [-0.1, -0.05) is 0 Å². The Kier molecular flexibility index (Phi) is 4.60. The van der Waals surface area contributed by atoms with Crippen molar-refractivity contribution in [3.05, 3.63) is 39.5 Å². The van der Waals surface area contributed by atoms with Gasteiger partial charge in [-0.15, -0.1) is 11.3 Å². The maximum Gasteiger partial charge on any atom is 0.255 e. The van der Waals surface area contributed by atoms with E-state index in [2.05, 4.69) is 15.3 Å². The van der Waals surface area contributed by atoms with Gasteiger partial charge in [-0.2, -0.15) is 5.10 Å². The molecule has 1 aliphatic carbocycles. The number of carbonyl (C=O) groups is 1. The maximum atomic E-state index is 13.2. The molecule has 4 heterocycles. The molecule has 3 aromatic heterocycles. The minimum atomic E-state index is 0.179. The van der Waals surface area contributed by atoms with Gasteiger partial charge in [0.2, 0.25) is 0 Å². The van der Waals surface area contributed by atoms with Crippen molar-refractivity contribution < 1.29 is 4.79 Å². The van der Waals surface area contributed by atoms with Crippen molar-refractivity contribution in [2.45, 2.75) is 44.6 Å². The van der Waals surface area contributed by atoms with E-state index in [1.807, 2.05) is 9.58 Å². The Hall–Kier alpha value is -2.32. The Bertz CT molecular complexity index is 1030. The van der Waals surface area contributed by atoms with Crippen LogP contribution in [-0.4, -0.2) is 50.2 Å². The lowest BCUT2D eigenvalue weighted by atomic mass is 9.95. The molecular weight excluding hydrogens is 372 g/mol. The van der Waals surface area contributed by atoms with Crippen molar-refractivity contribution in [2.75, 3.05) is 19.6 Å². The normalized spacial score (nSPS) is 19.3. The summed E-state index contributed by atoms with van der Waals surface area (Å²) >= 11 is 1.75. The number of rotatable bonds is 4. The number of aryl methyl sites for hydroxylation is 1. The van der Waals surface area contributed by atoms with Crippen molar-refractivity contribution in [3.8, 4) is 0 Å². The first kappa shape index (κ1) is 17.8. The second kappa shape index (κ2) is 7.25. The lowest BCUT2D eigenvalue weighted by Gasteiger charge is -2.18. The highest BCUT2D eigenvalue weighted by Crippen LogP contribution is 2.34. The van der Waals surface area contributed by atoms with Crippen LogP contribution in [0.2, 0.25) is 0 Å². The number of hydrogen-bond donors (Lipinski definition) is 1. The van der Waals surface area contributed by atoms with Crippen molar-refractivity contribution in [2.24, 2.45) is 5.73 Å². The Morgan fingerprint density at radius 3 is 3.00 bits per heavy atom. The Morgan fingerprint density at radius 2 is 2.11 bits per heavy atom. The third kappa shape index (κ3) is 2.91. The number of aromatic nitrogens is 4. The summed E-state index contributed by atoms with van der Waals surface area (Å²) in [6.07, 6.45) is 8.90. The molecule has 2 N–H and O–H groups in total. The number of nitrogens with zero attached hydrogens (tertiary/aromatic N) is 5. The summed E-state index contributed by atoms with van der Waals surface area (Å²) in [5.74, 6) is 0.371. The van der Waals surface area contributed by atoms with E-state index in [1.165, 1.54) is 23.3 Å². The average molecular weight is 397 g/mol. The van der Waals surface area contributed by atoms with Crippen LogP contribution < -0.4 is 5.73 Å². The predicted molar refractivity (Wildman–Crippen MR) is 109 cm³/mol. The predicted octanol–water partition coefficient (Wildman–Crippen LogP) is 2.36. The van der Waals surface area contributed by atoms with Crippen LogP contribution in [0.5, 0.6) is 0 Å². The molecule has 0 aromatic carbocycles. The van der Waals surface area contributed by atoms with E-state index in [0.717, 1.165) is 48.2 Å². The Balaban J connectivity index is 1.40. The first-order valence-corrected chi connectivity index (χ1v) is 10.9. The van der Waals surface area contributed by atoms with E-state index in [0.29, 0.717) is 19.6 Å². The third-order valence-corrected chi connectivity index (χ3v) is 6.98. The fourth-order valence-electron chi connectivity index (χ4n) is 4.49. The third-order valence-electron chi connectivity index (χ3n) is 5.89. The van der Waals surface area contributed by atoms with Gasteiger partial charge in [0.05, 0.1) is 17.8 Å². The van der Waals surface area contributed by atoms with E-state index >= 15 is 0 Å². The summed E-state index contributed by atoms with van der Waals surface area (Å²) in [6, 6.07) is 0. The lowest BCUT2D eigenvalue weighted by Crippen LogP contribution is -2.29. The van der Waals surface area contributed by atoms with Gasteiger partial charge in [0, 0.05) is 48.2 Å². The van der Waals surface area contributed by atoms with Crippen LogP contribution in [0.1, 0.15) is 51.7 Å². The smallest absolute Gasteiger partial charge is 0.255 e. The molecule has 1 saturated heterocycles. The second-order valence-corrected chi connectivity index (χ2v) is 8.58. The number of amides is 1. The summed E-state index contributed by atoms with van der Waals surface area (Å²) in [5, 5.41) is 6.84. The number of fused-ring (bicyclic) bond motifs is 2. The van der Waals surface area contributed by atoms with E-state index < -0.39 is 0 Å². The largest absolute Gasteiger partial charge is 0.338 e. The molecule has 2 aliphatic rings. The maximum absolute atomic E-state index is 13.2. The quantitative estimate of drug-likeness (QED) is 0.731. The van der Waals surface area contributed by atoms with Gasteiger partial charge in [-0.3, -0.25) is 4.79 Å². The molecular formula is C20H24N6OS. The van der Waals surface area contributed by atoms with Gasteiger partial charge in [0.15, 0.2) is 5.65 Å². The summed E-state index contributed by atoms with van der Waals surface area (Å²) in [5.41, 5.74) is 10.5. The van der Waals surface area contributed by atoms with Crippen LogP contribution in [0, 0.1) is 0 Å². The molecule has 1 fully saturated rings. The van der Waals surface area contributed by atoms with Gasteiger partial charge in [-0.05, 0) is 37.7 Å². The van der Waals surface area contributed by atoms with Crippen molar-refractivity contribution >= 4 is 28.4 Å². The minimum absolute atomic E-state index is 0.179. The van der Waals surface area contributed by atoms with Crippen LogP contribution in [0.15, 0.2) is 17.8 Å². The summed E-state index contributed by atoms with van der Waals surface area (Å²) < 4.78 is 1.84. The van der Waals surface area contributed by atoms with E-state index in [4.69, 9.17) is 10.8 Å². The molecule has 8 heteroatoms. The standard InChI is InChI=1S/C20H24N6OS/c21-6-10-26-19-18(22-7-8-23-19)17(24-26)13-5-9-25(11-13)20(27)15-12-28-16-4-2-1-3-14(15)16/h7-8,12-13H,1-6,9-11,21H2/t13-/m1/s1. The Labute approximate surface area is 167 Å². The first-order valence-electron chi connectivity index (χ1n) is 10.0. The summed E-state index contributed by atoms with van der Waals surface area (Å²) in [6.45, 7) is 2.57. The summed E-state index contributed by atoms with van der Waals surface area (Å²) in [7, 11) is 0. The Morgan fingerprint density at radius 1 is 1.25 bits per heavy atom. The molecule has 1 amide bonds. The molecule has 7 nitrogen and oxygen atoms in total. The zero-order valence-corrected chi connectivity index (χ0v) is 16.6. The van der Waals surface area contributed by atoms with Crippen LogP contribution in [0.25, 0.3) is 11.2 Å². The number of likely N-dealkylation sites (tertiary alicyclic amines) is 1. The SMILES string of the molecule is NCCn1nc([C@@H]2CCN(C(=O)c3csc4c3CCCC4)C2)c2nccnc21. The van der Waals surface area contributed by atoms with Crippen LogP contribution >= 0.6 is 11.3 Å².